The van der Waals surface area contributed by atoms with Crippen molar-refractivity contribution in [3.63, 3.8) is 0 Å². The van der Waals surface area contributed by atoms with Crippen LogP contribution in [-0.2, 0) is 0 Å². The summed E-state index contributed by atoms with van der Waals surface area (Å²) in [5.74, 6) is 0. The summed E-state index contributed by atoms with van der Waals surface area (Å²) in [6.45, 7) is 4.38. The Hall–Kier alpha value is -7.02. The molecule has 0 aliphatic heterocycles. The maximum absolute atomic E-state index is 2.34. The molecule has 0 radical (unpaired) electrons. The standard InChI is InChI=1S/C56H44/c1-41-19-9-17-31-53(41)55(45-23-5-3-6-24-45)39-49-29-13-11-21-43(49)33-35-51-37-47-27-15-16-28-48(47)38-52(51)36-34-44-22-12-14-30-50(44)40-56(46-25-7-4-8-26-46)54-32-18-10-20-42(54)2/h3-40H,1-2H3. The molecule has 0 heteroatoms. The van der Waals surface area contributed by atoms with Gasteiger partial charge in [0.2, 0.25) is 0 Å². The van der Waals surface area contributed by atoms with E-state index in [0.717, 1.165) is 11.1 Å². The lowest BCUT2D eigenvalue weighted by molar-refractivity contribution is 1.42. The van der Waals surface area contributed by atoms with Crippen molar-refractivity contribution in [2.45, 2.75) is 13.8 Å². The van der Waals surface area contributed by atoms with E-state index >= 15 is 0 Å². The molecular weight excluding hydrogens is 673 g/mol. The first-order valence-corrected chi connectivity index (χ1v) is 19.3. The number of benzene rings is 8. The van der Waals surface area contributed by atoms with E-state index in [4.69, 9.17) is 0 Å². The van der Waals surface area contributed by atoms with Crippen molar-refractivity contribution in [2.75, 3.05) is 0 Å². The van der Waals surface area contributed by atoms with E-state index in [1.807, 2.05) is 0 Å². The Kier molecular flexibility index (Phi) is 10.9. The molecule has 8 aromatic carbocycles. The summed E-state index contributed by atoms with van der Waals surface area (Å²) in [5, 5.41) is 2.44. The molecule has 0 atom stereocenters. The summed E-state index contributed by atoms with van der Waals surface area (Å²) < 4.78 is 0. The number of fused-ring (bicyclic) bond motifs is 1. The maximum Gasteiger partial charge on any atom is -0.0103 e. The van der Waals surface area contributed by atoms with Crippen LogP contribution in [0.4, 0.5) is 0 Å². The molecule has 268 valence electrons. The van der Waals surface area contributed by atoms with Crippen molar-refractivity contribution in [2.24, 2.45) is 0 Å². The minimum absolute atomic E-state index is 1.16. The molecule has 0 spiro atoms. The first-order valence-electron chi connectivity index (χ1n) is 19.3. The summed E-state index contributed by atoms with van der Waals surface area (Å²) in [5.41, 5.74) is 16.8. The zero-order valence-electron chi connectivity index (χ0n) is 31.9. The molecule has 0 aromatic heterocycles. The normalized spacial score (nSPS) is 12.2. The lowest BCUT2D eigenvalue weighted by atomic mass is 9.91. The van der Waals surface area contributed by atoms with Gasteiger partial charge in [-0.05, 0) is 127 Å². The van der Waals surface area contributed by atoms with E-state index in [2.05, 4.69) is 244 Å². The van der Waals surface area contributed by atoms with Crippen LogP contribution in [0.25, 0.3) is 58.4 Å². The summed E-state index contributed by atoms with van der Waals surface area (Å²) in [6.07, 6.45) is 13.7. The quantitative estimate of drug-likeness (QED) is 0.124. The molecule has 0 saturated carbocycles. The van der Waals surface area contributed by atoms with E-state index in [1.165, 1.54) is 77.6 Å². The minimum Gasteiger partial charge on any atom is -0.0622 e. The number of hydrogen-bond donors (Lipinski definition) is 0. The Morgan fingerprint density at radius 1 is 0.304 bits per heavy atom. The fraction of sp³-hybridized carbons (Fsp3) is 0.0357. The molecule has 0 unspecified atom stereocenters. The van der Waals surface area contributed by atoms with Crippen LogP contribution in [0.2, 0.25) is 0 Å². The highest BCUT2D eigenvalue weighted by Crippen LogP contribution is 2.32. The molecule has 56 heavy (non-hydrogen) atoms. The lowest BCUT2D eigenvalue weighted by Gasteiger charge is -2.13. The number of hydrogen-bond acceptors (Lipinski definition) is 0. The predicted octanol–water partition coefficient (Wildman–Crippen LogP) is 15.0. The second-order valence-electron chi connectivity index (χ2n) is 14.2. The van der Waals surface area contributed by atoms with Crippen LogP contribution in [0, 0.1) is 13.8 Å². The molecule has 0 N–H and O–H groups in total. The third-order valence-electron chi connectivity index (χ3n) is 10.5. The summed E-state index contributed by atoms with van der Waals surface area (Å²) in [7, 11) is 0. The van der Waals surface area contributed by atoms with Crippen LogP contribution in [0.3, 0.4) is 0 Å². The average molecular weight is 717 g/mol. The van der Waals surface area contributed by atoms with Gasteiger partial charge in [-0.1, -0.05) is 206 Å². The van der Waals surface area contributed by atoms with E-state index < -0.39 is 0 Å². The van der Waals surface area contributed by atoms with Gasteiger partial charge in [0.1, 0.15) is 0 Å². The monoisotopic (exact) mass is 716 g/mol. The Bertz CT molecular complexity index is 2550. The van der Waals surface area contributed by atoms with Gasteiger partial charge in [-0.25, -0.2) is 0 Å². The third-order valence-corrected chi connectivity index (χ3v) is 10.5. The first-order chi connectivity index (χ1) is 27.6. The van der Waals surface area contributed by atoms with Crippen LogP contribution in [0.1, 0.15) is 66.8 Å². The minimum atomic E-state index is 1.16. The van der Waals surface area contributed by atoms with Gasteiger partial charge >= 0.3 is 0 Å². The van der Waals surface area contributed by atoms with Gasteiger partial charge in [0, 0.05) is 0 Å². The Morgan fingerprint density at radius 2 is 0.625 bits per heavy atom. The zero-order valence-corrected chi connectivity index (χ0v) is 31.9. The molecular formula is C56H44. The van der Waals surface area contributed by atoms with Crippen LogP contribution >= 0.6 is 0 Å². The molecule has 0 fully saturated rings. The molecule has 8 aromatic rings. The fourth-order valence-electron chi connectivity index (χ4n) is 7.44. The molecule has 8 rings (SSSR count). The Balaban J connectivity index is 1.20. The number of rotatable bonds is 10. The lowest BCUT2D eigenvalue weighted by Crippen LogP contribution is -1.92. The molecule has 0 nitrogen and oxygen atoms in total. The van der Waals surface area contributed by atoms with E-state index in [1.54, 1.807) is 0 Å². The number of aryl methyl sites for hydroxylation is 2. The maximum atomic E-state index is 2.34. The van der Waals surface area contributed by atoms with Gasteiger partial charge in [0.05, 0.1) is 0 Å². The zero-order chi connectivity index (χ0) is 38.1. The molecule has 0 saturated heterocycles. The van der Waals surface area contributed by atoms with Crippen molar-refractivity contribution in [1.29, 1.82) is 0 Å². The largest absolute Gasteiger partial charge is 0.0622 e. The fourth-order valence-corrected chi connectivity index (χ4v) is 7.44. The SMILES string of the molecule is Cc1ccccc1C(=Cc1ccccc1C=Cc1cc2ccccc2cc1C=Cc1ccccc1C=C(c1ccccc1)c1ccccc1C)c1ccccc1. The van der Waals surface area contributed by atoms with Gasteiger partial charge in [-0.15, -0.1) is 0 Å². The van der Waals surface area contributed by atoms with Gasteiger partial charge in [-0.2, -0.15) is 0 Å². The second-order valence-corrected chi connectivity index (χ2v) is 14.2. The van der Waals surface area contributed by atoms with Gasteiger partial charge < -0.3 is 0 Å². The molecule has 0 amide bonds. The van der Waals surface area contributed by atoms with Crippen molar-refractivity contribution >= 4 is 58.4 Å². The highest BCUT2D eigenvalue weighted by molar-refractivity contribution is 5.97. The molecule has 0 aliphatic carbocycles. The molecule has 0 aliphatic rings. The first kappa shape index (κ1) is 36.0. The van der Waals surface area contributed by atoms with E-state index in [0.29, 0.717) is 0 Å². The van der Waals surface area contributed by atoms with Crippen molar-refractivity contribution in [3.05, 3.63) is 261 Å². The van der Waals surface area contributed by atoms with Gasteiger partial charge in [-0.3, -0.25) is 0 Å². The second kappa shape index (κ2) is 17.0. The molecule has 0 bridgehead atoms. The smallest absolute Gasteiger partial charge is 0.0103 e. The van der Waals surface area contributed by atoms with Gasteiger partial charge in [0.15, 0.2) is 0 Å². The van der Waals surface area contributed by atoms with Crippen LogP contribution < -0.4 is 0 Å². The van der Waals surface area contributed by atoms with Gasteiger partial charge in [0.25, 0.3) is 0 Å². The van der Waals surface area contributed by atoms with E-state index in [9.17, 15) is 0 Å². The average Bonchev–Trinajstić information content (AvgIpc) is 3.25. The van der Waals surface area contributed by atoms with Crippen LogP contribution in [0.15, 0.2) is 194 Å². The summed E-state index contributed by atoms with van der Waals surface area (Å²) in [4.78, 5) is 0. The summed E-state index contributed by atoms with van der Waals surface area (Å²) >= 11 is 0. The topological polar surface area (TPSA) is 0 Å². The Morgan fingerprint density at radius 3 is 1.04 bits per heavy atom. The highest BCUT2D eigenvalue weighted by atomic mass is 14.2. The van der Waals surface area contributed by atoms with Crippen molar-refractivity contribution in [3.8, 4) is 0 Å². The summed E-state index contributed by atoms with van der Waals surface area (Å²) in [6, 6.07) is 69.3. The van der Waals surface area contributed by atoms with E-state index in [-0.39, 0.29) is 0 Å². The molecule has 0 heterocycles. The van der Waals surface area contributed by atoms with Crippen molar-refractivity contribution < 1.29 is 0 Å². The third kappa shape index (κ3) is 8.21. The predicted molar refractivity (Wildman–Crippen MR) is 244 cm³/mol. The highest BCUT2D eigenvalue weighted by Gasteiger charge is 2.11. The van der Waals surface area contributed by atoms with Crippen LogP contribution in [0.5, 0.6) is 0 Å². The van der Waals surface area contributed by atoms with Crippen molar-refractivity contribution in [1.82, 2.24) is 0 Å². The van der Waals surface area contributed by atoms with Crippen LogP contribution in [-0.4, -0.2) is 0 Å². The Labute approximate surface area is 331 Å².